The van der Waals surface area contributed by atoms with Crippen molar-refractivity contribution in [1.82, 2.24) is 9.55 Å². The molecule has 0 bridgehead atoms. The van der Waals surface area contributed by atoms with Crippen LogP contribution < -0.4 is 5.73 Å². The smallest absolute Gasteiger partial charge is 0.325 e. The van der Waals surface area contributed by atoms with E-state index in [0.717, 1.165) is 5.69 Å². The second-order valence-corrected chi connectivity index (χ2v) is 3.38. The lowest BCUT2D eigenvalue weighted by Gasteiger charge is -2.08. The van der Waals surface area contributed by atoms with Crippen LogP contribution in [0.4, 0.5) is 0 Å². The number of aromatic nitrogens is 2. The molecule has 5 heteroatoms. The Morgan fingerprint density at radius 2 is 2.06 bits per heavy atom. The maximum Gasteiger partial charge on any atom is 0.325 e. The van der Waals surface area contributed by atoms with Gasteiger partial charge < -0.3 is 15.4 Å². The summed E-state index contributed by atoms with van der Waals surface area (Å²) in [5.41, 5.74) is 6.98. The van der Waals surface area contributed by atoms with Gasteiger partial charge >= 0.3 is 5.97 Å². The molecule has 1 atom stereocenters. The number of nitrogens with zero attached hydrogens (tertiary/aromatic N) is 2. The van der Waals surface area contributed by atoms with Crippen LogP contribution in [0.15, 0.2) is 43.0 Å². The van der Waals surface area contributed by atoms with E-state index in [1.165, 1.54) is 0 Å². The Bertz CT molecular complexity index is 476. The maximum absolute atomic E-state index is 10.7. The first kappa shape index (κ1) is 10.4. The maximum atomic E-state index is 10.7. The molecule has 1 aromatic carbocycles. The fourth-order valence-corrected chi connectivity index (χ4v) is 1.41. The molecule has 0 unspecified atom stereocenters. The van der Waals surface area contributed by atoms with E-state index in [0.29, 0.717) is 5.56 Å². The Labute approximate surface area is 92.2 Å². The normalized spacial score (nSPS) is 12.3. The standard InChI is InChI=1S/C11H11N3O2/c12-10(11(15)16)8-1-3-9(4-2-8)14-6-5-13-7-14/h1-7,10H,12H2,(H,15,16)/t10-/m0/s1. The fourth-order valence-electron chi connectivity index (χ4n) is 1.41. The van der Waals surface area contributed by atoms with Crippen LogP contribution in [0.2, 0.25) is 0 Å². The summed E-state index contributed by atoms with van der Waals surface area (Å²) < 4.78 is 1.83. The molecule has 0 radical (unpaired) electrons. The molecule has 0 saturated heterocycles. The van der Waals surface area contributed by atoms with Crippen LogP contribution in [0.5, 0.6) is 0 Å². The van der Waals surface area contributed by atoms with Crippen molar-refractivity contribution in [2.45, 2.75) is 6.04 Å². The summed E-state index contributed by atoms with van der Waals surface area (Å²) in [6, 6.07) is 6.04. The third kappa shape index (κ3) is 1.94. The quantitative estimate of drug-likeness (QED) is 0.802. The minimum absolute atomic E-state index is 0.580. The number of rotatable bonds is 3. The van der Waals surface area contributed by atoms with E-state index in [1.807, 2.05) is 10.8 Å². The molecule has 0 amide bonds. The topological polar surface area (TPSA) is 81.1 Å². The summed E-state index contributed by atoms with van der Waals surface area (Å²) in [6.07, 6.45) is 5.16. The molecule has 1 heterocycles. The van der Waals surface area contributed by atoms with E-state index in [1.54, 1.807) is 36.8 Å². The van der Waals surface area contributed by atoms with Crippen molar-refractivity contribution < 1.29 is 9.90 Å². The molecule has 2 aromatic rings. The van der Waals surface area contributed by atoms with Gasteiger partial charge in [0.1, 0.15) is 6.04 Å². The van der Waals surface area contributed by atoms with Crippen LogP contribution in [0, 0.1) is 0 Å². The van der Waals surface area contributed by atoms with Crippen LogP contribution in [0.25, 0.3) is 5.69 Å². The number of nitrogens with two attached hydrogens (primary N) is 1. The third-order valence-corrected chi connectivity index (χ3v) is 2.32. The van der Waals surface area contributed by atoms with Gasteiger partial charge in [-0.05, 0) is 17.7 Å². The molecule has 0 spiro atoms. The van der Waals surface area contributed by atoms with Crippen LogP contribution >= 0.6 is 0 Å². The van der Waals surface area contributed by atoms with Gasteiger partial charge in [-0.15, -0.1) is 0 Å². The van der Waals surface area contributed by atoms with Crippen molar-refractivity contribution in [2.75, 3.05) is 0 Å². The molecular formula is C11H11N3O2. The minimum Gasteiger partial charge on any atom is -0.480 e. The highest BCUT2D eigenvalue weighted by molar-refractivity contribution is 5.75. The van der Waals surface area contributed by atoms with Crippen molar-refractivity contribution in [2.24, 2.45) is 5.73 Å². The summed E-state index contributed by atoms with van der Waals surface area (Å²) in [7, 11) is 0. The number of aliphatic carboxylic acids is 1. The highest BCUT2D eigenvalue weighted by Crippen LogP contribution is 2.14. The van der Waals surface area contributed by atoms with Crippen LogP contribution in [0.3, 0.4) is 0 Å². The number of imidazole rings is 1. The molecule has 0 fully saturated rings. The Morgan fingerprint density at radius 1 is 1.38 bits per heavy atom. The summed E-state index contributed by atoms with van der Waals surface area (Å²) in [4.78, 5) is 14.6. The van der Waals surface area contributed by atoms with Crippen LogP contribution in [-0.2, 0) is 4.79 Å². The predicted octanol–water partition coefficient (Wildman–Crippen LogP) is 0.957. The molecule has 16 heavy (non-hydrogen) atoms. The summed E-state index contributed by atoms with van der Waals surface area (Å²) in [5, 5.41) is 8.75. The summed E-state index contributed by atoms with van der Waals surface area (Å²) in [6.45, 7) is 0. The Hall–Kier alpha value is -2.14. The molecule has 0 aliphatic carbocycles. The van der Waals surface area contributed by atoms with E-state index in [9.17, 15) is 4.79 Å². The Kier molecular flexibility index (Phi) is 2.70. The third-order valence-electron chi connectivity index (χ3n) is 2.32. The van der Waals surface area contributed by atoms with Gasteiger partial charge in [0.15, 0.2) is 0 Å². The first-order chi connectivity index (χ1) is 7.68. The zero-order chi connectivity index (χ0) is 11.5. The van der Waals surface area contributed by atoms with Gasteiger partial charge in [0.05, 0.1) is 6.33 Å². The second kappa shape index (κ2) is 4.16. The highest BCUT2D eigenvalue weighted by atomic mass is 16.4. The Balaban J connectivity index is 2.26. The van der Waals surface area contributed by atoms with Crippen molar-refractivity contribution in [3.05, 3.63) is 48.5 Å². The minimum atomic E-state index is -1.03. The number of hydrogen-bond donors (Lipinski definition) is 2. The van der Waals surface area contributed by atoms with Gasteiger partial charge in [0.2, 0.25) is 0 Å². The lowest BCUT2D eigenvalue weighted by molar-refractivity contribution is -0.138. The number of carboxylic acid groups (broad SMARTS) is 1. The molecule has 2 rings (SSSR count). The van der Waals surface area contributed by atoms with Gasteiger partial charge in [-0.2, -0.15) is 0 Å². The summed E-state index contributed by atoms with van der Waals surface area (Å²) in [5.74, 6) is -1.03. The number of hydrogen-bond acceptors (Lipinski definition) is 3. The van der Waals surface area contributed by atoms with Gasteiger partial charge in [-0.25, -0.2) is 4.98 Å². The number of carboxylic acids is 1. The van der Waals surface area contributed by atoms with E-state index in [2.05, 4.69) is 4.98 Å². The summed E-state index contributed by atoms with van der Waals surface area (Å²) >= 11 is 0. The fraction of sp³-hybridized carbons (Fsp3) is 0.0909. The number of benzene rings is 1. The average molecular weight is 217 g/mol. The van der Waals surface area contributed by atoms with Crippen molar-refractivity contribution in [3.8, 4) is 5.69 Å². The number of carbonyl (C=O) groups is 1. The lowest BCUT2D eigenvalue weighted by Crippen LogP contribution is -2.20. The molecule has 0 saturated carbocycles. The Morgan fingerprint density at radius 3 is 2.56 bits per heavy atom. The lowest BCUT2D eigenvalue weighted by atomic mass is 10.1. The first-order valence-electron chi connectivity index (χ1n) is 4.75. The van der Waals surface area contributed by atoms with Crippen LogP contribution in [-0.4, -0.2) is 20.6 Å². The van der Waals surface area contributed by atoms with E-state index in [-0.39, 0.29) is 0 Å². The van der Waals surface area contributed by atoms with E-state index < -0.39 is 12.0 Å². The monoisotopic (exact) mass is 217 g/mol. The SMILES string of the molecule is N[C@H](C(=O)O)c1ccc(-n2ccnc2)cc1. The molecule has 0 aliphatic heterocycles. The van der Waals surface area contributed by atoms with Crippen molar-refractivity contribution >= 4 is 5.97 Å². The molecular weight excluding hydrogens is 206 g/mol. The van der Waals surface area contributed by atoms with E-state index in [4.69, 9.17) is 10.8 Å². The largest absolute Gasteiger partial charge is 0.480 e. The molecule has 82 valence electrons. The van der Waals surface area contributed by atoms with E-state index >= 15 is 0 Å². The zero-order valence-corrected chi connectivity index (χ0v) is 8.45. The van der Waals surface area contributed by atoms with Gasteiger partial charge in [-0.1, -0.05) is 12.1 Å². The second-order valence-electron chi connectivity index (χ2n) is 3.38. The van der Waals surface area contributed by atoms with Crippen molar-refractivity contribution in [3.63, 3.8) is 0 Å². The van der Waals surface area contributed by atoms with Gasteiger partial charge in [-0.3, -0.25) is 4.79 Å². The zero-order valence-electron chi connectivity index (χ0n) is 8.45. The molecule has 1 aromatic heterocycles. The van der Waals surface area contributed by atoms with Crippen molar-refractivity contribution in [1.29, 1.82) is 0 Å². The molecule has 3 N–H and O–H groups in total. The molecule has 0 aliphatic rings. The predicted molar refractivity (Wildman–Crippen MR) is 58.1 cm³/mol. The van der Waals surface area contributed by atoms with Gasteiger partial charge in [0.25, 0.3) is 0 Å². The highest BCUT2D eigenvalue weighted by Gasteiger charge is 2.13. The van der Waals surface area contributed by atoms with Crippen LogP contribution in [0.1, 0.15) is 11.6 Å². The first-order valence-corrected chi connectivity index (χ1v) is 4.75. The molecule has 5 nitrogen and oxygen atoms in total. The van der Waals surface area contributed by atoms with Gasteiger partial charge in [0, 0.05) is 18.1 Å². The average Bonchev–Trinajstić information content (AvgIpc) is 2.81.